The second-order valence-electron chi connectivity index (χ2n) is 9.50. The minimum Gasteiger partial charge on any atom is -0.377 e. The predicted molar refractivity (Wildman–Crippen MR) is 126 cm³/mol. The molecule has 168 valence electrons. The number of halogens is 1. The van der Waals surface area contributed by atoms with Gasteiger partial charge in [0, 0.05) is 43.4 Å². The predicted octanol–water partition coefficient (Wildman–Crippen LogP) is 3.78. The maximum Gasteiger partial charge on any atom is 0.227 e. The summed E-state index contributed by atoms with van der Waals surface area (Å²) in [5.41, 5.74) is 4.39. The van der Waals surface area contributed by atoms with E-state index in [9.17, 15) is 0 Å². The Kier molecular flexibility index (Phi) is 4.78. The fourth-order valence-corrected chi connectivity index (χ4v) is 5.05. The van der Waals surface area contributed by atoms with Crippen LogP contribution < -0.4 is 10.2 Å². The Morgan fingerprint density at radius 2 is 1.91 bits per heavy atom. The standard InChI is InChI=1S/C23H28ClN7O/c1-15-9-16-11-25-22(28-19-12-26-31(21(19)24)17-3-4-17)27-18(16)10-20(15)29-5-7-30(8-6-29)23(2)13-32-14-23/h9-12,17H,3-8,13-14H2,1-2H3,(H,25,27,28). The van der Waals surface area contributed by atoms with E-state index >= 15 is 0 Å². The zero-order valence-corrected chi connectivity index (χ0v) is 19.3. The zero-order valence-electron chi connectivity index (χ0n) is 18.5. The van der Waals surface area contributed by atoms with Crippen molar-refractivity contribution in [3.63, 3.8) is 0 Å². The number of aromatic nitrogens is 4. The molecule has 0 bridgehead atoms. The number of rotatable bonds is 5. The van der Waals surface area contributed by atoms with Gasteiger partial charge in [-0.25, -0.2) is 14.6 Å². The Morgan fingerprint density at radius 1 is 1.12 bits per heavy atom. The van der Waals surface area contributed by atoms with Gasteiger partial charge in [0.15, 0.2) is 5.15 Å². The normalized spacial score (nSPS) is 21.0. The number of ether oxygens (including phenoxy) is 1. The highest BCUT2D eigenvalue weighted by molar-refractivity contribution is 6.32. The van der Waals surface area contributed by atoms with Gasteiger partial charge in [0.05, 0.1) is 42.2 Å². The third-order valence-corrected chi connectivity index (χ3v) is 7.36. The number of benzene rings is 1. The maximum absolute atomic E-state index is 6.50. The molecule has 0 atom stereocenters. The van der Waals surface area contributed by atoms with Crippen LogP contribution in [-0.2, 0) is 4.74 Å². The highest BCUT2D eigenvalue weighted by Crippen LogP contribution is 2.39. The molecule has 1 aliphatic carbocycles. The van der Waals surface area contributed by atoms with Crippen LogP contribution in [-0.4, -0.2) is 69.6 Å². The topological polar surface area (TPSA) is 71.3 Å². The van der Waals surface area contributed by atoms with Crippen LogP contribution in [0.2, 0.25) is 5.15 Å². The van der Waals surface area contributed by atoms with Crippen molar-refractivity contribution in [1.82, 2.24) is 24.6 Å². The van der Waals surface area contributed by atoms with Crippen LogP contribution in [0.15, 0.2) is 24.5 Å². The summed E-state index contributed by atoms with van der Waals surface area (Å²) in [5.74, 6) is 0.535. The fraction of sp³-hybridized carbons (Fsp3) is 0.522. The highest BCUT2D eigenvalue weighted by Gasteiger charge is 2.40. The smallest absolute Gasteiger partial charge is 0.227 e. The molecule has 1 saturated carbocycles. The largest absolute Gasteiger partial charge is 0.377 e. The monoisotopic (exact) mass is 453 g/mol. The molecule has 32 heavy (non-hydrogen) atoms. The second kappa shape index (κ2) is 7.57. The lowest BCUT2D eigenvalue weighted by atomic mass is 9.96. The number of hydrogen-bond acceptors (Lipinski definition) is 7. The molecule has 2 aromatic heterocycles. The molecule has 0 radical (unpaired) electrons. The summed E-state index contributed by atoms with van der Waals surface area (Å²) in [7, 11) is 0. The highest BCUT2D eigenvalue weighted by atomic mass is 35.5. The molecule has 4 heterocycles. The van der Waals surface area contributed by atoms with E-state index in [1.165, 1.54) is 11.3 Å². The molecule has 0 unspecified atom stereocenters. The van der Waals surface area contributed by atoms with E-state index in [2.05, 4.69) is 51.2 Å². The molecular weight excluding hydrogens is 426 g/mol. The van der Waals surface area contributed by atoms with Gasteiger partial charge in [-0.1, -0.05) is 11.6 Å². The molecule has 0 amide bonds. The van der Waals surface area contributed by atoms with Crippen molar-refractivity contribution in [3.05, 3.63) is 35.2 Å². The Labute approximate surface area is 192 Å². The molecular formula is C23H28ClN7O. The lowest BCUT2D eigenvalue weighted by Crippen LogP contribution is -2.64. The molecule has 8 nitrogen and oxygen atoms in total. The molecule has 0 spiro atoms. The molecule has 2 aliphatic heterocycles. The molecule has 2 saturated heterocycles. The average molecular weight is 454 g/mol. The van der Waals surface area contributed by atoms with Gasteiger partial charge >= 0.3 is 0 Å². The quantitative estimate of drug-likeness (QED) is 0.630. The molecule has 6 rings (SSSR count). The average Bonchev–Trinajstić information content (AvgIpc) is 3.56. The first-order valence-corrected chi connectivity index (χ1v) is 11.7. The summed E-state index contributed by atoms with van der Waals surface area (Å²) >= 11 is 6.50. The molecule has 1 aromatic carbocycles. The molecule has 3 fully saturated rings. The van der Waals surface area contributed by atoms with Crippen LogP contribution >= 0.6 is 11.6 Å². The van der Waals surface area contributed by atoms with Gasteiger partial charge in [0.25, 0.3) is 0 Å². The van der Waals surface area contributed by atoms with Crippen molar-refractivity contribution in [2.45, 2.75) is 38.3 Å². The van der Waals surface area contributed by atoms with Gasteiger partial charge in [0.2, 0.25) is 5.95 Å². The first-order valence-electron chi connectivity index (χ1n) is 11.4. The van der Waals surface area contributed by atoms with Crippen LogP contribution in [0.25, 0.3) is 10.9 Å². The minimum absolute atomic E-state index is 0.215. The number of hydrogen-bond donors (Lipinski definition) is 1. The van der Waals surface area contributed by atoms with E-state index in [1.54, 1.807) is 6.20 Å². The summed E-state index contributed by atoms with van der Waals surface area (Å²) in [6.07, 6.45) is 5.89. The molecule has 3 aromatic rings. The van der Waals surface area contributed by atoms with Crippen molar-refractivity contribution in [2.75, 3.05) is 49.6 Å². The number of fused-ring (bicyclic) bond motifs is 1. The Balaban J connectivity index is 1.22. The lowest BCUT2D eigenvalue weighted by molar-refractivity contribution is -0.131. The van der Waals surface area contributed by atoms with E-state index in [0.717, 1.165) is 68.8 Å². The van der Waals surface area contributed by atoms with Gasteiger partial charge < -0.3 is 15.0 Å². The van der Waals surface area contributed by atoms with E-state index in [-0.39, 0.29) is 5.54 Å². The third kappa shape index (κ3) is 3.50. The van der Waals surface area contributed by atoms with Gasteiger partial charge in [-0.05, 0) is 44.4 Å². The number of piperazine rings is 1. The number of aryl methyl sites for hydroxylation is 1. The molecule has 1 N–H and O–H groups in total. The minimum atomic E-state index is 0.215. The van der Waals surface area contributed by atoms with E-state index < -0.39 is 0 Å². The van der Waals surface area contributed by atoms with Crippen LogP contribution in [0.4, 0.5) is 17.3 Å². The van der Waals surface area contributed by atoms with Crippen molar-refractivity contribution in [1.29, 1.82) is 0 Å². The van der Waals surface area contributed by atoms with Crippen LogP contribution in [0.3, 0.4) is 0 Å². The maximum atomic E-state index is 6.50. The molecule has 3 aliphatic rings. The van der Waals surface area contributed by atoms with Crippen LogP contribution in [0, 0.1) is 6.92 Å². The summed E-state index contributed by atoms with van der Waals surface area (Å²) in [6.45, 7) is 10.3. The van der Waals surface area contributed by atoms with Crippen molar-refractivity contribution in [3.8, 4) is 0 Å². The summed E-state index contributed by atoms with van der Waals surface area (Å²) < 4.78 is 7.34. The second-order valence-corrected chi connectivity index (χ2v) is 9.86. The van der Waals surface area contributed by atoms with E-state index in [1.807, 2.05) is 10.9 Å². The van der Waals surface area contributed by atoms with E-state index in [0.29, 0.717) is 17.1 Å². The number of anilines is 3. The first-order chi connectivity index (χ1) is 15.5. The summed E-state index contributed by atoms with van der Waals surface area (Å²) in [5, 5.41) is 9.30. The lowest BCUT2D eigenvalue weighted by Gasteiger charge is -2.50. The first kappa shape index (κ1) is 20.2. The van der Waals surface area contributed by atoms with Crippen molar-refractivity contribution in [2.24, 2.45) is 0 Å². The summed E-state index contributed by atoms with van der Waals surface area (Å²) in [4.78, 5) is 14.3. The Hall–Kier alpha value is -2.42. The zero-order chi connectivity index (χ0) is 21.9. The Morgan fingerprint density at radius 3 is 2.59 bits per heavy atom. The molecule has 9 heteroatoms. The van der Waals surface area contributed by atoms with Gasteiger partial charge in [-0.2, -0.15) is 5.10 Å². The van der Waals surface area contributed by atoms with Crippen LogP contribution in [0.5, 0.6) is 0 Å². The van der Waals surface area contributed by atoms with E-state index in [4.69, 9.17) is 21.3 Å². The third-order valence-electron chi connectivity index (χ3n) is 6.98. The number of nitrogens with one attached hydrogen (secondary N) is 1. The summed E-state index contributed by atoms with van der Waals surface area (Å²) in [6, 6.07) is 4.80. The van der Waals surface area contributed by atoms with Gasteiger partial charge in [0.1, 0.15) is 0 Å². The van der Waals surface area contributed by atoms with Gasteiger partial charge in [-0.15, -0.1) is 0 Å². The van der Waals surface area contributed by atoms with Gasteiger partial charge in [-0.3, -0.25) is 4.90 Å². The number of nitrogens with zero attached hydrogens (tertiary/aromatic N) is 6. The van der Waals surface area contributed by atoms with Crippen molar-refractivity contribution >= 4 is 39.8 Å². The SMILES string of the molecule is Cc1cc2cnc(Nc3cnn(C4CC4)c3Cl)nc2cc1N1CCN(C2(C)COC2)CC1. The van der Waals surface area contributed by atoms with Crippen molar-refractivity contribution < 1.29 is 4.74 Å². The fourth-order valence-electron chi connectivity index (χ4n) is 4.78. The van der Waals surface area contributed by atoms with Crippen LogP contribution in [0.1, 0.15) is 31.4 Å². The Bertz CT molecular complexity index is 1160.